The van der Waals surface area contributed by atoms with Crippen molar-refractivity contribution in [1.29, 1.82) is 0 Å². The van der Waals surface area contributed by atoms with Gasteiger partial charge in [-0.05, 0) is 48.6 Å². The van der Waals surface area contributed by atoms with Crippen LogP contribution in [0.25, 0.3) is 0 Å². The largest absolute Gasteiger partial charge is 0.311 e. The summed E-state index contributed by atoms with van der Waals surface area (Å²) in [5.41, 5.74) is 1.71. The minimum atomic E-state index is -4.49. The summed E-state index contributed by atoms with van der Waals surface area (Å²) in [6, 6.07) is 6.94. The van der Waals surface area contributed by atoms with Crippen molar-refractivity contribution < 1.29 is 26.8 Å². The van der Waals surface area contributed by atoms with Gasteiger partial charge in [-0.15, -0.1) is 0 Å². The van der Waals surface area contributed by atoms with Crippen LogP contribution in [0, 0.1) is 17.0 Å². The number of halogens is 4. The molecule has 2 aromatic carbocycles. The Bertz CT molecular complexity index is 1400. The van der Waals surface area contributed by atoms with Crippen molar-refractivity contribution in [1.82, 2.24) is 9.62 Å². The van der Waals surface area contributed by atoms with Crippen molar-refractivity contribution in [2.45, 2.75) is 44.0 Å². The van der Waals surface area contributed by atoms with Gasteiger partial charge in [-0.3, -0.25) is 9.59 Å². The monoisotopic (exact) mass is 554 g/mol. The van der Waals surface area contributed by atoms with Crippen LogP contribution in [0.3, 0.4) is 0 Å². The minimum absolute atomic E-state index is 0.0866. The number of fused-ring (bicyclic) bond motifs is 1. The highest BCUT2D eigenvalue weighted by Gasteiger charge is 2.47. The van der Waals surface area contributed by atoms with Gasteiger partial charge in [0.25, 0.3) is 15.9 Å². The summed E-state index contributed by atoms with van der Waals surface area (Å²) in [5.74, 6) is -3.25. The minimum Gasteiger partial charge on any atom is -0.311 e. The Morgan fingerprint density at radius 2 is 1.89 bits per heavy atom. The van der Waals surface area contributed by atoms with Gasteiger partial charge < -0.3 is 4.90 Å². The van der Waals surface area contributed by atoms with Crippen LogP contribution in [0.15, 0.2) is 64.7 Å². The van der Waals surface area contributed by atoms with Gasteiger partial charge in [-0.1, -0.05) is 48.3 Å². The van der Waals surface area contributed by atoms with Crippen molar-refractivity contribution in [2.75, 3.05) is 0 Å². The fourth-order valence-corrected chi connectivity index (χ4v) is 6.14. The van der Waals surface area contributed by atoms with E-state index in [-0.39, 0.29) is 12.5 Å². The number of amides is 2. The average molecular weight is 555 g/mol. The number of carbonyl (C=O) groups excluding carboxylic acids is 2. The molecule has 1 unspecified atom stereocenters. The topological polar surface area (TPSA) is 83.6 Å². The van der Waals surface area contributed by atoms with E-state index < -0.39 is 37.9 Å². The predicted molar refractivity (Wildman–Crippen MR) is 131 cm³/mol. The van der Waals surface area contributed by atoms with Crippen LogP contribution in [0.5, 0.6) is 0 Å². The number of nitrogens with zero attached hydrogens (tertiary/aromatic N) is 1. The number of hydrogen-bond donors (Lipinski definition) is 1. The molecule has 1 heterocycles. The van der Waals surface area contributed by atoms with E-state index in [1.807, 2.05) is 6.92 Å². The lowest BCUT2D eigenvalue weighted by atomic mass is 9.74. The second kappa shape index (κ2) is 9.95. The van der Waals surface area contributed by atoms with E-state index in [0.29, 0.717) is 46.6 Å². The molecule has 1 aliphatic heterocycles. The van der Waals surface area contributed by atoms with Crippen molar-refractivity contribution in [3.8, 4) is 0 Å². The van der Waals surface area contributed by atoms with E-state index in [4.69, 9.17) is 23.2 Å². The molecule has 1 N–H and O–H groups in total. The highest BCUT2D eigenvalue weighted by molar-refractivity contribution is 7.90. The van der Waals surface area contributed by atoms with E-state index in [0.717, 1.165) is 30.2 Å². The Morgan fingerprint density at radius 1 is 1.19 bits per heavy atom. The molecule has 0 saturated carbocycles. The Morgan fingerprint density at radius 3 is 2.58 bits per heavy atom. The summed E-state index contributed by atoms with van der Waals surface area (Å²) in [7, 11) is -4.49. The first kappa shape index (κ1) is 26.3. The van der Waals surface area contributed by atoms with Crippen LogP contribution in [0.1, 0.15) is 38.2 Å². The molecular weight excluding hydrogens is 533 g/mol. The van der Waals surface area contributed by atoms with Gasteiger partial charge >= 0.3 is 0 Å². The molecular formula is C25H22Cl2F2N2O4S. The third-order valence-corrected chi connectivity index (χ3v) is 8.52. The molecule has 0 spiro atoms. The Kier molecular flexibility index (Phi) is 7.28. The summed E-state index contributed by atoms with van der Waals surface area (Å²) < 4.78 is 53.5. The predicted octanol–water partition coefficient (Wildman–Crippen LogP) is 5.51. The number of nitrogens with one attached hydrogen (secondary N) is 1. The maximum atomic E-state index is 13.4. The van der Waals surface area contributed by atoms with Crippen molar-refractivity contribution in [2.24, 2.45) is 5.41 Å². The van der Waals surface area contributed by atoms with Crippen LogP contribution in [0.2, 0.25) is 10.0 Å². The van der Waals surface area contributed by atoms with Gasteiger partial charge in [0.1, 0.15) is 11.6 Å². The Hall–Kier alpha value is -2.75. The number of sulfonamides is 1. The van der Waals surface area contributed by atoms with Gasteiger partial charge in [0.2, 0.25) is 5.91 Å². The van der Waals surface area contributed by atoms with Crippen LogP contribution in [0.4, 0.5) is 8.78 Å². The first-order valence-corrected chi connectivity index (χ1v) is 13.3. The SMILES string of the molecule is CC12CCCC(/C=C/C(=O)NS(=O)(=O)c3cc(F)cc(F)c3)=C1N(Cc1cccc(Cl)c1Cl)C(=O)C2. The van der Waals surface area contributed by atoms with E-state index in [1.165, 1.54) is 6.08 Å². The van der Waals surface area contributed by atoms with E-state index in [2.05, 4.69) is 0 Å². The third kappa shape index (κ3) is 5.33. The summed E-state index contributed by atoms with van der Waals surface area (Å²) in [4.78, 5) is 26.4. The van der Waals surface area contributed by atoms with Crippen molar-refractivity contribution in [3.63, 3.8) is 0 Å². The molecule has 11 heteroatoms. The zero-order valence-corrected chi connectivity index (χ0v) is 21.5. The summed E-state index contributed by atoms with van der Waals surface area (Å²) in [5, 5.41) is 0.727. The number of rotatable bonds is 6. The fraction of sp³-hybridized carbons (Fsp3) is 0.280. The lowest BCUT2D eigenvalue weighted by molar-refractivity contribution is -0.127. The van der Waals surface area contributed by atoms with E-state index in [9.17, 15) is 26.8 Å². The molecule has 1 saturated heterocycles. The normalized spacial score (nSPS) is 20.2. The Balaban J connectivity index is 1.62. The molecule has 1 atom stereocenters. The zero-order valence-electron chi connectivity index (χ0n) is 19.2. The van der Waals surface area contributed by atoms with Crippen molar-refractivity contribution in [3.05, 3.63) is 87.1 Å². The fourth-order valence-electron chi connectivity index (χ4n) is 4.77. The number of hydrogen-bond acceptors (Lipinski definition) is 4. The first-order valence-electron chi connectivity index (χ1n) is 11.1. The highest BCUT2D eigenvalue weighted by Crippen LogP contribution is 2.51. The smallest absolute Gasteiger partial charge is 0.264 e. The van der Waals surface area contributed by atoms with Crippen LogP contribution >= 0.6 is 23.2 Å². The molecule has 190 valence electrons. The van der Waals surface area contributed by atoms with Crippen molar-refractivity contribution >= 4 is 45.0 Å². The molecule has 4 rings (SSSR count). The second-order valence-corrected chi connectivity index (χ2v) is 11.5. The standard InChI is InChI=1S/C25H22Cl2F2N2O4S/c1-25-9-3-5-15(7-8-21(32)30-36(34,35)19-11-17(28)10-18(29)12-19)24(25)31(22(33)13-25)14-16-4-2-6-20(26)23(16)27/h2,4,6-8,10-12H,3,5,9,13-14H2,1H3,(H,30,32)/b8-7+. The van der Waals surface area contributed by atoms with Gasteiger partial charge in [-0.25, -0.2) is 21.9 Å². The lowest BCUT2D eigenvalue weighted by Crippen LogP contribution is -2.30. The molecule has 2 amide bonds. The number of likely N-dealkylation sites (tertiary alicyclic amines) is 1. The van der Waals surface area contributed by atoms with Crippen LogP contribution in [-0.2, 0) is 26.2 Å². The first-order chi connectivity index (χ1) is 16.9. The second-order valence-electron chi connectivity index (χ2n) is 9.07. The van der Waals surface area contributed by atoms with E-state index >= 15 is 0 Å². The van der Waals surface area contributed by atoms with Crippen LogP contribution < -0.4 is 4.72 Å². The summed E-state index contributed by atoms with van der Waals surface area (Å²) >= 11 is 12.5. The highest BCUT2D eigenvalue weighted by atomic mass is 35.5. The maximum Gasteiger partial charge on any atom is 0.264 e. The number of benzene rings is 2. The molecule has 1 aliphatic carbocycles. The molecule has 36 heavy (non-hydrogen) atoms. The Labute approximate surface area is 217 Å². The molecule has 1 fully saturated rings. The van der Waals surface area contributed by atoms with Gasteiger partial charge in [0.05, 0.1) is 21.5 Å². The molecule has 6 nitrogen and oxygen atoms in total. The number of carbonyl (C=O) groups is 2. The summed E-state index contributed by atoms with van der Waals surface area (Å²) in [6.45, 7) is 2.18. The quantitative estimate of drug-likeness (QED) is 0.477. The molecule has 2 aromatic rings. The maximum absolute atomic E-state index is 13.4. The molecule has 0 aromatic heterocycles. The zero-order chi connectivity index (χ0) is 26.3. The van der Waals surface area contributed by atoms with Gasteiger partial charge in [0.15, 0.2) is 0 Å². The molecule has 2 aliphatic rings. The average Bonchev–Trinajstić information content (AvgIpc) is 3.04. The lowest BCUT2D eigenvalue weighted by Gasteiger charge is -2.34. The van der Waals surface area contributed by atoms with Crippen LogP contribution in [-0.4, -0.2) is 25.1 Å². The van der Waals surface area contributed by atoms with Gasteiger partial charge in [-0.2, -0.15) is 0 Å². The third-order valence-electron chi connectivity index (χ3n) is 6.34. The summed E-state index contributed by atoms with van der Waals surface area (Å²) in [6.07, 6.45) is 4.94. The molecule has 0 radical (unpaired) electrons. The van der Waals surface area contributed by atoms with Gasteiger partial charge in [0, 0.05) is 29.7 Å². The number of allylic oxidation sites excluding steroid dienone is 3. The van der Waals surface area contributed by atoms with E-state index in [1.54, 1.807) is 27.8 Å². The molecule has 0 bridgehead atoms.